The average Bonchev–Trinajstić information content (AvgIpc) is 3.19. The molecule has 6 heteroatoms. The zero-order valence-electron chi connectivity index (χ0n) is 14.9. The minimum Gasteiger partial charge on any atom is -0.508 e. The molecular formula is C22H18O4S2. The molecule has 2 aromatic carbocycles. The first-order chi connectivity index (χ1) is 13.5. The smallest absolute Gasteiger partial charge is 0.191 e. The van der Waals surface area contributed by atoms with Gasteiger partial charge in [0.1, 0.15) is 11.5 Å². The van der Waals surface area contributed by atoms with E-state index < -0.39 is 0 Å². The van der Waals surface area contributed by atoms with E-state index in [1.807, 2.05) is 0 Å². The molecule has 0 atom stereocenters. The number of carbonyl (C=O) groups excluding carboxylic acids is 2. The highest BCUT2D eigenvalue weighted by Crippen LogP contribution is 2.39. The number of hydrogen-bond acceptors (Lipinski definition) is 6. The fourth-order valence-corrected chi connectivity index (χ4v) is 5.11. The summed E-state index contributed by atoms with van der Waals surface area (Å²) in [6.07, 6.45) is 5.88. The molecular weight excluding hydrogens is 392 g/mol. The minimum absolute atomic E-state index is 0.111. The Morgan fingerprint density at radius 2 is 1.25 bits per heavy atom. The third-order valence-corrected chi connectivity index (χ3v) is 6.56. The number of ketones is 2. The van der Waals surface area contributed by atoms with Crippen molar-refractivity contribution in [2.75, 3.05) is 11.5 Å². The van der Waals surface area contributed by atoms with Gasteiger partial charge < -0.3 is 10.2 Å². The summed E-state index contributed by atoms with van der Waals surface area (Å²) in [6.45, 7) is 0. The average molecular weight is 411 g/mol. The third kappa shape index (κ3) is 5.41. The Hall–Kier alpha value is -2.70. The first-order valence-corrected chi connectivity index (χ1v) is 10.5. The van der Waals surface area contributed by atoms with Gasteiger partial charge in [-0.25, -0.2) is 0 Å². The Morgan fingerprint density at radius 1 is 0.786 bits per heavy atom. The van der Waals surface area contributed by atoms with Gasteiger partial charge in [-0.15, -0.1) is 23.5 Å². The van der Waals surface area contributed by atoms with Gasteiger partial charge >= 0.3 is 0 Å². The monoisotopic (exact) mass is 410 g/mol. The summed E-state index contributed by atoms with van der Waals surface area (Å²) >= 11 is 3.02. The molecule has 0 radical (unpaired) electrons. The molecule has 2 aromatic rings. The van der Waals surface area contributed by atoms with E-state index in [0.717, 1.165) is 15.7 Å². The molecule has 0 spiro atoms. The second kappa shape index (κ2) is 9.48. The number of thioether (sulfide) groups is 2. The molecule has 0 bridgehead atoms. The van der Waals surface area contributed by atoms with Gasteiger partial charge in [-0.05, 0) is 47.5 Å². The van der Waals surface area contributed by atoms with Crippen molar-refractivity contribution in [1.82, 2.24) is 0 Å². The topological polar surface area (TPSA) is 74.6 Å². The molecule has 2 N–H and O–H groups in total. The molecule has 4 nitrogen and oxygen atoms in total. The molecule has 0 aliphatic carbocycles. The lowest BCUT2D eigenvalue weighted by atomic mass is 10.1. The van der Waals surface area contributed by atoms with Gasteiger partial charge in [0.25, 0.3) is 0 Å². The molecule has 1 fully saturated rings. The SMILES string of the molecule is O=C(/C=C/c1cccc(O)c1)C(C(=O)/C=C/c1cccc(O)c1)=C1SCCS1. The summed E-state index contributed by atoms with van der Waals surface area (Å²) in [6, 6.07) is 13.1. The van der Waals surface area contributed by atoms with Crippen LogP contribution >= 0.6 is 23.5 Å². The van der Waals surface area contributed by atoms with Gasteiger partial charge in [-0.2, -0.15) is 0 Å². The number of allylic oxidation sites excluding steroid dienone is 3. The van der Waals surface area contributed by atoms with Crippen molar-refractivity contribution in [2.45, 2.75) is 0 Å². The second-order valence-corrected chi connectivity index (χ2v) is 8.41. The van der Waals surface area contributed by atoms with Gasteiger partial charge in [0.05, 0.1) is 9.81 Å². The van der Waals surface area contributed by atoms with E-state index in [-0.39, 0.29) is 28.6 Å². The lowest BCUT2D eigenvalue weighted by molar-refractivity contribution is -0.116. The maximum absolute atomic E-state index is 12.8. The van der Waals surface area contributed by atoms with Crippen LogP contribution in [0.15, 0.2) is 70.5 Å². The normalized spacial score (nSPS) is 14.1. The van der Waals surface area contributed by atoms with Crippen molar-refractivity contribution < 1.29 is 19.8 Å². The fourth-order valence-electron chi connectivity index (χ4n) is 2.54. The quantitative estimate of drug-likeness (QED) is 0.410. The first-order valence-electron chi connectivity index (χ1n) is 8.56. The molecule has 1 aliphatic heterocycles. The van der Waals surface area contributed by atoms with Gasteiger partial charge in [0.15, 0.2) is 11.6 Å². The number of phenols is 2. The first kappa shape index (κ1) is 20.0. The standard InChI is InChI=1S/C22H18O4S2/c23-17-5-1-3-15(13-17)7-9-19(25)21(22-27-11-12-28-22)20(26)10-8-16-4-2-6-18(24)14-16/h1-10,13-14,23-24H,11-12H2/b9-7+,10-8+. The van der Waals surface area contributed by atoms with E-state index in [4.69, 9.17) is 0 Å². The van der Waals surface area contributed by atoms with Gasteiger partial charge in [-0.1, -0.05) is 36.4 Å². The predicted molar refractivity (Wildman–Crippen MR) is 116 cm³/mol. The largest absolute Gasteiger partial charge is 0.508 e. The van der Waals surface area contributed by atoms with Gasteiger partial charge in [0, 0.05) is 11.5 Å². The fraction of sp³-hybridized carbons (Fsp3) is 0.0909. The van der Waals surface area contributed by atoms with E-state index in [1.165, 1.54) is 35.7 Å². The van der Waals surface area contributed by atoms with E-state index >= 15 is 0 Å². The van der Waals surface area contributed by atoms with Gasteiger partial charge in [-0.3, -0.25) is 9.59 Å². The second-order valence-electron chi connectivity index (χ2n) is 5.94. The van der Waals surface area contributed by atoms with Crippen molar-refractivity contribution in [1.29, 1.82) is 0 Å². The molecule has 1 heterocycles. The van der Waals surface area contributed by atoms with Crippen molar-refractivity contribution in [3.63, 3.8) is 0 Å². The Kier molecular flexibility index (Phi) is 6.79. The molecule has 28 heavy (non-hydrogen) atoms. The van der Waals surface area contributed by atoms with Crippen LogP contribution in [0.25, 0.3) is 12.2 Å². The van der Waals surface area contributed by atoms with E-state index in [1.54, 1.807) is 60.7 Å². The van der Waals surface area contributed by atoms with Crippen molar-refractivity contribution in [3.05, 3.63) is 81.6 Å². The molecule has 142 valence electrons. The maximum atomic E-state index is 12.8. The van der Waals surface area contributed by atoms with Crippen molar-refractivity contribution in [3.8, 4) is 11.5 Å². The Balaban J connectivity index is 1.84. The number of hydrogen-bond donors (Lipinski definition) is 2. The predicted octanol–water partition coefficient (Wildman–Crippen LogP) is 4.65. The van der Waals surface area contributed by atoms with Crippen LogP contribution < -0.4 is 0 Å². The van der Waals surface area contributed by atoms with Crippen LogP contribution in [0.1, 0.15) is 11.1 Å². The van der Waals surface area contributed by atoms with Crippen LogP contribution in [0.2, 0.25) is 0 Å². The Morgan fingerprint density at radius 3 is 1.68 bits per heavy atom. The maximum Gasteiger partial charge on any atom is 0.191 e. The molecule has 0 aromatic heterocycles. The summed E-state index contributed by atoms with van der Waals surface area (Å²) in [5.74, 6) is 1.20. The lowest BCUT2D eigenvalue weighted by Gasteiger charge is -2.04. The molecule has 1 aliphatic rings. The van der Waals surface area contributed by atoms with Crippen LogP contribution in [0.3, 0.4) is 0 Å². The highest BCUT2D eigenvalue weighted by atomic mass is 32.2. The Bertz CT molecular complexity index is 912. The zero-order chi connectivity index (χ0) is 19.9. The van der Waals surface area contributed by atoms with Crippen LogP contribution in [-0.4, -0.2) is 33.3 Å². The molecule has 1 saturated heterocycles. The zero-order valence-corrected chi connectivity index (χ0v) is 16.5. The minimum atomic E-state index is -0.370. The number of aromatic hydroxyl groups is 2. The van der Waals surface area contributed by atoms with Crippen LogP contribution in [-0.2, 0) is 9.59 Å². The van der Waals surface area contributed by atoms with E-state index in [9.17, 15) is 19.8 Å². The number of phenolic OH excluding ortho intramolecular Hbond substituents is 2. The summed E-state index contributed by atoms with van der Waals surface area (Å²) in [4.78, 5) is 25.5. The highest BCUT2D eigenvalue weighted by molar-refractivity contribution is 8.25. The highest BCUT2D eigenvalue weighted by Gasteiger charge is 2.23. The number of rotatable bonds is 6. The third-order valence-electron chi connectivity index (χ3n) is 3.84. The number of benzene rings is 2. The lowest BCUT2D eigenvalue weighted by Crippen LogP contribution is -2.10. The van der Waals surface area contributed by atoms with Crippen LogP contribution in [0.5, 0.6) is 11.5 Å². The number of carbonyl (C=O) groups is 2. The van der Waals surface area contributed by atoms with Crippen LogP contribution in [0.4, 0.5) is 0 Å². The van der Waals surface area contributed by atoms with Gasteiger partial charge in [0.2, 0.25) is 0 Å². The summed E-state index contributed by atoms with van der Waals surface area (Å²) in [5.41, 5.74) is 1.50. The van der Waals surface area contributed by atoms with Crippen LogP contribution in [0, 0.1) is 0 Å². The Labute approximate surface area is 171 Å². The summed E-state index contributed by atoms with van der Waals surface area (Å²) in [7, 11) is 0. The van der Waals surface area contributed by atoms with E-state index in [0.29, 0.717) is 11.1 Å². The van der Waals surface area contributed by atoms with E-state index in [2.05, 4.69) is 0 Å². The summed E-state index contributed by atoms with van der Waals surface area (Å²) in [5, 5.41) is 19.1. The van der Waals surface area contributed by atoms with Crippen molar-refractivity contribution in [2.24, 2.45) is 0 Å². The molecule has 3 rings (SSSR count). The van der Waals surface area contributed by atoms with Crippen molar-refractivity contribution >= 4 is 47.2 Å². The molecule has 0 amide bonds. The molecule has 0 saturated carbocycles. The summed E-state index contributed by atoms with van der Waals surface area (Å²) < 4.78 is 0.733. The molecule has 0 unspecified atom stereocenters.